The average Bonchev–Trinajstić information content (AvgIpc) is 3.39. The van der Waals surface area contributed by atoms with E-state index in [1.165, 1.54) is 4.90 Å². The summed E-state index contributed by atoms with van der Waals surface area (Å²) < 4.78 is 7.17. The van der Waals surface area contributed by atoms with E-state index in [4.69, 9.17) is 4.74 Å². The molecule has 8 heteroatoms. The van der Waals surface area contributed by atoms with E-state index in [9.17, 15) is 9.59 Å². The normalized spacial score (nSPS) is 11.6. The van der Waals surface area contributed by atoms with Crippen molar-refractivity contribution in [3.63, 3.8) is 0 Å². The summed E-state index contributed by atoms with van der Waals surface area (Å²) in [5.74, 6) is 0.0885. The van der Waals surface area contributed by atoms with Crippen molar-refractivity contribution in [2.75, 3.05) is 11.5 Å². The Labute approximate surface area is 226 Å². The SMILES string of the molecule is CCOc1ccc([C@@H](C(=O)NCc2ccccc2)N(C(=O)Cn2nnc3ccccc32)c2ccccc2)cc1. The highest BCUT2D eigenvalue weighted by atomic mass is 16.5. The summed E-state index contributed by atoms with van der Waals surface area (Å²) in [6.07, 6.45) is 0. The van der Waals surface area contributed by atoms with Gasteiger partial charge in [-0.1, -0.05) is 78.0 Å². The molecule has 4 aromatic carbocycles. The molecule has 0 aliphatic heterocycles. The number of nitrogens with one attached hydrogen (secondary N) is 1. The van der Waals surface area contributed by atoms with E-state index in [2.05, 4.69) is 15.6 Å². The van der Waals surface area contributed by atoms with Gasteiger partial charge in [0.25, 0.3) is 0 Å². The van der Waals surface area contributed by atoms with Crippen LogP contribution in [0.5, 0.6) is 5.75 Å². The first-order chi connectivity index (χ1) is 19.1. The molecule has 0 saturated heterocycles. The van der Waals surface area contributed by atoms with E-state index in [1.54, 1.807) is 4.68 Å². The highest BCUT2D eigenvalue weighted by Gasteiger charge is 2.33. The Morgan fingerprint density at radius 2 is 1.54 bits per heavy atom. The first kappa shape index (κ1) is 25.7. The van der Waals surface area contributed by atoms with Crippen LogP contribution in [0, 0.1) is 0 Å². The van der Waals surface area contributed by atoms with Crippen molar-refractivity contribution >= 4 is 28.5 Å². The minimum atomic E-state index is -0.936. The maximum absolute atomic E-state index is 14.1. The van der Waals surface area contributed by atoms with Gasteiger partial charge in [-0.15, -0.1) is 5.10 Å². The molecule has 0 aliphatic rings. The molecule has 5 rings (SSSR count). The van der Waals surface area contributed by atoms with Crippen LogP contribution in [0.1, 0.15) is 24.1 Å². The molecular weight excluding hydrogens is 490 g/mol. The zero-order valence-corrected chi connectivity index (χ0v) is 21.6. The third-order valence-electron chi connectivity index (χ3n) is 6.33. The molecule has 0 spiro atoms. The third-order valence-corrected chi connectivity index (χ3v) is 6.33. The summed E-state index contributed by atoms with van der Waals surface area (Å²) in [6.45, 7) is 2.69. The van der Waals surface area contributed by atoms with Gasteiger partial charge in [0.05, 0.1) is 12.1 Å². The van der Waals surface area contributed by atoms with Crippen LogP contribution in [0.15, 0.2) is 109 Å². The largest absolute Gasteiger partial charge is 0.494 e. The van der Waals surface area contributed by atoms with E-state index in [0.717, 1.165) is 11.1 Å². The Hall–Kier alpha value is -4.98. The second-order valence-electron chi connectivity index (χ2n) is 8.94. The zero-order valence-electron chi connectivity index (χ0n) is 21.6. The number of anilines is 1. The van der Waals surface area contributed by atoms with Crippen LogP contribution in [0.3, 0.4) is 0 Å². The monoisotopic (exact) mass is 519 g/mol. The lowest BCUT2D eigenvalue weighted by atomic mass is 10.0. The lowest BCUT2D eigenvalue weighted by molar-refractivity contribution is -0.127. The number of nitrogens with zero attached hydrogens (tertiary/aromatic N) is 4. The van der Waals surface area contributed by atoms with Crippen LogP contribution in [-0.2, 0) is 22.7 Å². The Balaban J connectivity index is 1.53. The average molecular weight is 520 g/mol. The molecule has 0 unspecified atom stereocenters. The van der Waals surface area contributed by atoms with Gasteiger partial charge in [0.15, 0.2) is 0 Å². The van der Waals surface area contributed by atoms with E-state index in [1.807, 2.05) is 116 Å². The van der Waals surface area contributed by atoms with Crippen molar-refractivity contribution in [1.82, 2.24) is 20.3 Å². The summed E-state index contributed by atoms with van der Waals surface area (Å²) in [5.41, 5.74) is 3.65. The van der Waals surface area contributed by atoms with Crippen LogP contribution in [0.4, 0.5) is 5.69 Å². The number of carbonyl (C=O) groups is 2. The Kier molecular flexibility index (Phi) is 7.92. The molecule has 8 nitrogen and oxygen atoms in total. The number of para-hydroxylation sites is 2. The van der Waals surface area contributed by atoms with Crippen molar-refractivity contribution in [3.8, 4) is 5.75 Å². The molecule has 0 saturated carbocycles. The number of rotatable bonds is 10. The highest BCUT2D eigenvalue weighted by molar-refractivity contribution is 6.01. The van der Waals surface area contributed by atoms with Gasteiger partial charge in [0.2, 0.25) is 11.8 Å². The summed E-state index contributed by atoms with van der Waals surface area (Å²) in [4.78, 5) is 29.5. The van der Waals surface area contributed by atoms with Crippen molar-refractivity contribution in [2.24, 2.45) is 0 Å². The standard InChI is InChI=1S/C31H29N5O3/c1-2-39-26-19-17-24(18-20-26)30(31(38)32-21-23-11-5-3-6-12-23)36(25-13-7-4-8-14-25)29(37)22-35-28-16-10-9-15-27(28)33-34-35/h3-20,30H,2,21-22H2,1H3,(H,32,38)/t30-/m0/s1. The zero-order chi connectivity index (χ0) is 27.0. The maximum atomic E-state index is 14.1. The van der Waals surface area contributed by atoms with Gasteiger partial charge in [0.1, 0.15) is 23.9 Å². The number of amides is 2. The fourth-order valence-corrected chi connectivity index (χ4v) is 4.48. The van der Waals surface area contributed by atoms with Crippen molar-refractivity contribution < 1.29 is 14.3 Å². The molecule has 1 N–H and O–H groups in total. The topological polar surface area (TPSA) is 89.4 Å². The molecule has 1 heterocycles. The number of benzene rings is 4. The summed E-state index contributed by atoms with van der Waals surface area (Å²) in [5, 5.41) is 11.4. The van der Waals surface area contributed by atoms with E-state index in [-0.39, 0.29) is 18.4 Å². The fourth-order valence-electron chi connectivity index (χ4n) is 4.48. The number of fused-ring (bicyclic) bond motifs is 1. The summed E-state index contributed by atoms with van der Waals surface area (Å²) in [7, 11) is 0. The Morgan fingerprint density at radius 3 is 2.26 bits per heavy atom. The fraction of sp³-hybridized carbons (Fsp3) is 0.161. The molecule has 1 aromatic heterocycles. The van der Waals surface area contributed by atoms with Gasteiger partial charge < -0.3 is 10.1 Å². The maximum Gasteiger partial charge on any atom is 0.249 e. The van der Waals surface area contributed by atoms with Gasteiger partial charge in [-0.2, -0.15) is 0 Å². The summed E-state index contributed by atoms with van der Waals surface area (Å²) >= 11 is 0. The quantitative estimate of drug-likeness (QED) is 0.283. The molecule has 0 bridgehead atoms. The van der Waals surface area contributed by atoms with Gasteiger partial charge in [0, 0.05) is 12.2 Å². The number of carbonyl (C=O) groups excluding carboxylic acids is 2. The van der Waals surface area contributed by atoms with Crippen molar-refractivity contribution in [2.45, 2.75) is 26.1 Å². The van der Waals surface area contributed by atoms with Gasteiger partial charge in [-0.25, -0.2) is 4.68 Å². The van der Waals surface area contributed by atoms with E-state index < -0.39 is 6.04 Å². The smallest absolute Gasteiger partial charge is 0.249 e. The highest BCUT2D eigenvalue weighted by Crippen LogP contribution is 2.30. The lowest BCUT2D eigenvalue weighted by Gasteiger charge is -2.31. The molecule has 2 amide bonds. The molecule has 39 heavy (non-hydrogen) atoms. The van der Waals surface area contributed by atoms with Crippen LogP contribution >= 0.6 is 0 Å². The van der Waals surface area contributed by atoms with Gasteiger partial charge in [-0.05, 0) is 54.4 Å². The second-order valence-corrected chi connectivity index (χ2v) is 8.94. The third kappa shape index (κ3) is 5.96. The molecule has 5 aromatic rings. The van der Waals surface area contributed by atoms with Crippen molar-refractivity contribution in [1.29, 1.82) is 0 Å². The number of hydrogen-bond acceptors (Lipinski definition) is 5. The minimum Gasteiger partial charge on any atom is -0.494 e. The molecule has 0 fully saturated rings. The van der Waals surface area contributed by atoms with Crippen LogP contribution in [-0.4, -0.2) is 33.4 Å². The number of ether oxygens (including phenoxy) is 1. The second kappa shape index (κ2) is 12.0. The molecule has 0 aliphatic carbocycles. The van der Waals surface area contributed by atoms with Gasteiger partial charge >= 0.3 is 0 Å². The summed E-state index contributed by atoms with van der Waals surface area (Å²) in [6, 6.07) is 32.7. The lowest BCUT2D eigenvalue weighted by Crippen LogP contribution is -2.45. The van der Waals surface area contributed by atoms with Gasteiger partial charge in [-0.3, -0.25) is 14.5 Å². The number of hydrogen-bond donors (Lipinski definition) is 1. The Morgan fingerprint density at radius 1 is 0.872 bits per heavy atom. The first-order valence-electron chi connectivity index (χ1n) is 12.8. The molecular formula is C31H29N5O3. The minimum absolute atomic E-state index is 0.0884. The van der Waals surface area contributed by atoms with E-state index >= 15 is 0 Å². The molecule has 0 radical (unpaired) electrons. The van der Waals surface area contributed by atoms with E-state index in [0.29, 0.717) is 35.7 Å². The number of aromatic nitrogens is 3. The van der Waals surface area contributed by atoms with Crippen LogP contribution in [0.2, 0.25) is 0 Å². The van der Waals surface area contributed by atoms with Crippen molar-refractivity contribution in [3.05, 3.63) is 120 Å². The van der Waals surface area contributed by atoms with Crippen LogP contribution < -0.4 is 15.0 Å². The first-order valence-corrected chi connectivity index (χ1v) is 12.8. The predicted molar refractivity (Wildman–Crippen MR) is 150 cm³/mol. The molecule has 196 valence electrons. The molecule has 1 atom stereocenters. The Bertz CT molecular complexity index is 1540. The van der Waals surface area contributed by atoms with Crippen LogP contribution in [0.25, 0.3) is 11.0 Å². The predicted octanol–water partition coefficient (Wildman–Crippen LogP) is 4.92.